The van der Waals surface area contributed by atoms with Crippen molar-refractivity contribution in [3.63, 3.8) is 0 Å². The van der Waals surface area contributed by atoms with E-state index in [4.69, 9.17) is 15.4 Å². The van der Waals surface area contributed by atoms with Crippen LogP contribution >= 0.6 is 0 Å². The molecule has 0 aliphatic carbocycles. The molecular formula is C14H17FN4O2. The molecular weight excluding hydrogens is 275 g/mol. The molecule has 4 N–H and O–H groups in total. The van der Waals surface area contributed by atoms with E-state index in [0.717, 1.165) is 5.76 Å². The minimum atomic E-state index is -0.449. The molecule has 6 nitrogen and oxygen atoms in total. The summed E-state index contributed by atoms with van der Waals surface area (Å²) in [5.41, 5.74) is 6.47. The van der Waals surface area contributed by atoms with Crippen molar-refractivity contribution in [2.24, 2.45) is 10.9 Å². The second kappa shape index (κ2) is 6.36. The molecule has 112 valence electrons. The fourth-order valence-corrected chi connectivity index (χ4v) is 1.89. The Kier molecular flexibility index (Phi) is 4.54. The van der Waals surface area contributed by atoms with E-state index in [1.807, 2.05) is 13.8 Å². The first kappa shape index (κ1) is 15.0. The number of benzene rings is 1. The zero-order valence-electron chi connectivity index (χ0n) is 11.8. The van der Waals surface area contributed by atoms with Crippen LogP contribution in [0.3, 0.4) is 0 Å². The molecule has 1 unspecified atom stereocenters. The number of oxazole rings is 1. The third-order valence-corrected chi connectivity index (χ3v) is 2.98. The zero-order valence-corrected chi connectivity index (χ0v) is 11.8. The van der Waals surface area contributed by atoms with E-state index in [0.29, 0.717) is 23.6 Å². The lowest BCUT2D eigenvalue weighted by molar-refractivity contribution is 0.318. The molecule has 1 aromatic carbocycles. The molecule has 1 aromatic heterocycles. The third-order valence-electron chi connectivity index (χ3n) is 2.98. The quantitative estimate of drug-likeness (QED) is 0.339. The molecule has 7 heteroatoms. The maximum Gasteiger partial charge on any atom is 0.211 e. The highest BCUT2D eigenvalue weighted by Crippen LogP contribution is 2.14. The second-order valence-corrected chi connectivity index (χ2v) is 4.75. The number of aromatic nitrogens is 1. The van der Waals surface area contributed by atoms with E-state index >= 15 is 0 Å². The monoisotopic (exact) mass is 292 g/mol. The van der Waals surface area contributed by atoms with Crippen molar-refractivity contribution in [2.45, 2.75) is 26.4 Å². The number of rotatable bonds is 5. The van der Waals surface area contributed by atoms with Crippen LogP contribution in [-0.4, -0.2) is 16.0 Å². The molecule has 21 heavy (non-hydrogen) atoms. The second-order valence-electron chi connectivity index (χ2n) is 4.75. The van der Waals surface area contributed by atoms with Crippen molar-refractivity contribution in [3.05, 3.63) is 53.0 Å². The van der Waals surface area contributed by atoms with Gasteiger partial charge in [0.15, 0.2) is 5.84 Å². The van der Waals surface area contributed by atoms with Gasteiger partial charge in [0.05, 0.1) is 12.2 Å². The van der Waals surface area contributed by atoms with Gasteiger partial charge in [-0.3, -0.25) is 0 Å². The number of nitrogens with one attached hydrogen (secondary N) is 1. The third kappa shape index (κ3) is 3.79. The van der Waals surface area contributed by atoms with Gasteiger partial charge in [-0.25, -0.2) is 9.37 Å². The van der Waals surface area contributed by atoms with Crippen molar-refractivity contribution < 1.29 is 14.0 Å². The minimum absolute atomic E-state index is 0.116. The smallest absolute Gasteiger partial charge is 0.211 e. The van der Waals surface area contributed by atoms with Crippen LogP contribution in [0.5, 0.6) is 0 Å². The topological polar surface area (TPSA) is 96.7 Å². The van der Waals surface area contributed by atoms with E-state index in [1.165, 1.54) is 12.1 Å². The lowest BCUT2D eigenvalue weighted by Gasteiger charge is -2.11. The van der Waals surface area contributed by atoms with Crippen molar-refractivity contribution in [3.8, 4) is 0 Å². The first-order valence-corrected chi connectivity index (χ1v) is 6.42. The Morgan fingerprint density at radius 2 is 2.29 bits per heavy atom. The molecule has 0 spiro atoms. The minimum Gasteiger partial charge on any atom is -0.444 e. The lowest BCUT2D eigenvalue weighted by atomic mass is 10.1. The number of oxime groups is 1. The van der Waals surface area contributed by atoms with Crippen molar-refractivity contribution in [2.75, 3.05) is 0 Å². The maximum atomic E-state index is 13.5. The molecule has 0 bridgehead atoms. The number of halogens is 1. The lowest BCUT2D eigenvalue weighted by Crippen LogP contribution is -2.19. The summed E-state index contributed by atoms with van der Waals surface area (Å²) in [7, 11) is 0. The zero-order chi connectivity index (χ0) is 15.4. The molecule has 2 rings (SSSR count). The summed E-state index contributed by atoms with van der Waals surface area (Å²) in [6.45, 7) is 4.11. The molecule has 1 heterocycles. The molecule has 0 fully saturated rings. The van der Waals surface area contributed by atoms with E-state index in [1.54, 1.807) is 12.3 Å². The van der Waals surface area contributed by atoms with E-state index in [9.17, 15) is 4.39 Å². The predicted molar refractivity (Wildman–Crippen MR) is 75.4 cm³/mol. The van der Waals surface area contributed by atoms with Crippen LogP contribution < -0.4 is 11.1 Å². The van der Waals surface area contributed by atoms with Gasteiger partial charge in [0, 0.05) is 12.1 Å². The van der Waals surface area contributed by atoms with Gasteiger partial charge >= 0.3 is 0 Å². The van der Waals surface area contributed by atoms with Gasteiger partial charge in [0.25, 0.3) is 0 Å². The highest BCUT2D eigenvalue weighted by atomic mass is 19.1. The standard InChI is InChI=1S/C14H17FN4O2/c1-8-6-18-14(21-8)9(2)17-7-10-3-11(13(16)19-20)5-12(15)4-10/h3-6,9,17,20H,7H2,1-2H3,(H2,16,19). The Bertz CT molecular complexity index is 654. The van der Waals surface area contributed by atoms with Crippen LogP contribution in [0, 0.1) is 12.7 Å². The summed E-state index contributed by atoms with van der Waals surface area (Å²) in [4.78, 5) is 4.13. The molecule has 0 saturated carbocycles. The van der Waals surface area contributed by atoms with Gasteiger partial charge in [-0.05, 0) is 37.6 Å². The summed E-state index contributed by atoms with van der Waals surface area (Å²) < 4.78 is 18.9. The van der Waals surface area contributed by atoms with Crippen molar-refractivity contribution >= 4 is 5.84 Å². The largest absolute Gasteiger partial charge is 0.444 e. The van der Waals surface area contributed by atoms with E-state index in [2.05, 4.69) is 15.5 Å². The van der Waals surface area contributed by atoms with Crippen LogP contribution in [0.25, 0.3) is 0 Å². The molecule has 0 saturated heterocycles. The van der Waals surface area contributed by atoms with Gasteiger partial charge in [-0.2, -0.15) is 0 Å². The molecule has 2 aromatic rings. The Hall–Kier alpha value is -2.41. The molecule has 0 aliphatic heterocycles. The molecule has 0 aliphatic rings. The van der Waals surface area contributed by atoms with Crippen LogP contribution in [0.1, 0.15) is 35.7 Å². The number of hydrogen-bond acceptors (Lipinski definition) is 5. The molecule has 0 amide bonds. The van der Waals surface area contributed by atoms with Gasteiger partial charge in [0.2, 0.25) is 5.89 Å². The summed E-state index contributed by atoms with van der Waals surface area (Å²) in [5, 5.41) is 14.7. The fraction of sp³-hybridized carbons (Fsp3) is 0.286. The predicted octanol–water partition coefficient (Wildman–Crippen LogP) is 2.07. The fourth-order valence-electron chi connectivity index (χ4n) is 1.89. The van der Waals surface area contributed by atoms with Gasteiger partial charge < -0.3 is 20.7 Å². The highest BCUT2D eigenvalue weighted by molar-refractivity contribution is 5.97. The van der Waals surface area contributed by atoms with Gasteiger partial charge in [0.1, 0.15) is 11.6 Å². The van der Waals surface area contributed by atoms with E-state index < -0.39 is 5.82 Å². The first-order chi connectivity index (χ1) is 9.99. The Morgan fingerprint density at radius 1 is 1.52 bits per heavy atom. The van der Waals surface area contributed by atoms with Crippen LogP contribution in [-0.2, 0) is 6.54 Å². The number of hydrogen-bond donors (Lipinski definition) is 3. The highest BCUT2D eigenvalue weighted by Gasteiger charge is 2.11. The average molecular weight is 292 g/mol. The van der Waals surface area contributed by atoms with Gasteiger partial charge in [-0.1, -0.05) is 5.16 Å². The van der Waals surface area contributed by atoms with Crippen LogP contribution in [0.15, 0.2) is 34.0 Å². The summed E-state index contributed by atoms with van der Waals surface area (Å²) in [6.07, 6.45) is 1.65. The Balaban J connectivity index is 2.08. The molecule has 0 radical (unpaired) electrons. The normalized spacial score (nSPS) is 13.4. The molecule has 1 atom stereocenters. The Labute approximate surface area is 121 Å². The number of nitrogens with two attached hydrogens (primary N) is 1. The first-order valence-electron chi connectivity index (χ1n) is 6.42. The van der Waals surface area contributed by atoms with Crippen LogP contribution in [0.4, 0.5) is 4.39 Å². The number of nitrogens with zero attached hydrogens (tertiary/aromatic N) is 2. The van der Waals surface area contributed by atoms with Crippen molar-refractivity contribution in [1.29, 1.82) is 0 Å². The van der Waals surface area contributed by atoms with Crippen molar-refractivity contribution in [1.82, 2.24) is 10.3 Å². The maximum absolute atomic E-state index is 13.5. The summed E-state index contributed by atoms with van der Waals surface area (Å²) in [5.74, 6) is 0.724. The van der Waals surface area contributed by atoms with Gasteiger partial charge in [-0.15, -0.1) is 0 Å². The summed E-state index contributed by atoms with van der Waals surface area (Å²) in [6, 6.07) is 4.13. The number of amidine groups is 1. The van der Waals surface area contributed by atoms with E-state index in [-0.39, 0.29) is 11.9 Å². The van der Waals surface area contributed by atoms with Crippen LogP contribution in [0.2, 0.25) is 0 Å². The Morgan fingerprint density at radius 3 is 2.90 bits per heavy atom. The SMILES string of the molecule is Cc1cnc(C(C)NCc2cc(F)cc(/C(N)=N/O)c2)o1. The average Bonchev–Trinajstić information content (AvgIpc) is 2.90. The number of aryl methyl sites for hydroxylation is 1. The summed E-state index contributed by atoms with van der Waals surface area (Å²) >= 11 is 0.